The third-order valence-electron chi connectivity index (χ3n) is 9.00. The van der Waals surface area contributed by atoms with Crippen LogP contribution in [-0.4, -0.2) is 68.1 Å². The predicted octanol–water partition coefficient (Wildman–Crippen LogP) is 6.30. The smallest absolute Gasteiger partial charge is 0.271 e. The minimum Gasteiger partial charge on any atom is -0.494 e. The summed E-state index contributed by atoms with van der Waals surface area (Å²) in [6.45, 7) is 12.3. The fourth-order valence-corrected chi connectivity index (χ4v) is 7.81. The van der Waals surface area contributed by atoms with Gasteiger partial charge in [0, 0.05) is 41.1 Å². The van der Waals surface area contributed by atoms with Gasteiger partial charge in [0.25, 0.3) is 5.91 Å². The number of nitrogens with zero attached hydrogens (tertiary/aromatic N) is 5. The minimum absolute atomic E-state index is 0.0677. The Morgan fingerprint density at radius 3 is 2.68 bits per heavy atom. The molecule has 3 aliphatic heterocycles. The van der Waals surface area contributed by atoms with Crippen molar-refractivity contribution < 1.29 is 19.0 Å². The van der Waals surface area contributed by atoms with Crippen molar-refractivity contribution in [2.75, 3.05) is 20.3 Å². The molecule has 232 valence electrons. The van der Waals surface area contributed by atoms with E-state index in [0.717, 1.165) is 72.9 Å². The van der Waals surface area contributed by atoms with Crippen molar-refractivity contribution in [2.24, 2.45) is 0 Å². The maximum atomic E-state index is 14.4. The molecule has 7 rings (SSSR count). The van der Waals surface area contributed by atoms with E-state index < -0.39 is 5.79 Å². The van der Waals surface area contributed by atoms with Crippen LogP contribution in [0.4, 0.5) is 0 Å². The number of aromatic nitrogens is 4. The summed E-state index contributed by atoms with van der Waals surface area (Å²) in [6.07, 6.45) is 6.23. The van der Waals surface area contributed by atoms with Crippen molar-refractivity contribution in [2.45, 2.75) is 90.7 Å². The van der Waals surface area contributed by atoms with E-state index >= 15 is 0 Å². The third-order valence-corrected chi connectivity index (χ3v) is 9.89. The Hall–Kier alpha value is -3.47. The highest BCUT2D eigenvalue weighted by Crippen LogP contribution is 2.47. The van der Waals surface area contributed by atoms with Crippen molar-refractivity contribution in [1.29, 1.82) is 0 Å². The van der Waals surface area contributed by atoms with Gasteiger partial charge in [0.1, 0.15) is 17.1 Å². The molecule has 9 nitrogen and oxygen atoms in total. The zero-order chi connectivity index (χ0) is 30.8. The van der Waals surface area contributed by atoms with E-state index in [1.165, 1.54) is 21.6 Å². The average Bonchev–Trinajstić information content (AvgIpc) is 3.76. The van der Waals surface area contributed by atoms with Crippen molar-refractivity contribution in [3.63, 3.8) is 0 Å². The van der Waals surface area contributed by atoms with Crippen molar-refractivity contribution in [3.8, 4) is 33.1 Å². The number of ether oxygens (including phenoxy) is 3. The first-order valence-electron chi connectivity index (χ1n) is 15.6. The molecule has 0 bridgehead atoms. The first-order chi connectivity index (χ1) is 21.0. The van der Waals surface area contributed by atoms with Gasteiger partial charge in [-0.15, -0.1) is 16.4 Å². The maximum Gasteiger partial charge on any atom is 0.271 e. The van der Waals surface area contributed by atoms with Crippen molar-refractivity contribution >= 4 is 17.2 Å². The number of carbonyl (C=O) groups excluding carboxylic acids is 1. The van der Waals surface area contributed by atoms with Gasteiger partial charge in [0.2, 0.25) is 0 Å². The standard InChI is InChI=1S/C34H41N5O4S/c1-33(2,3)38-13-8-7-10-24-29(28-11-9-15-44-28)30-25-18-26(27(41-6)16-21(25)12-14-37(30)31(24)32(38)40)39-19-22(35-36-39)17-23-20-42-34(4,5)43-23/h9,11,15-16,18-19,23H,7-8,10,12-14,17,20H2,1-6H3. The van der Waals surface area contributed by atoms with Crippen LogP contribution in [0.15, 0.2) is 35.8 Å². The molecule has 6 heterocycles. The number of hydrogen-bond acceptors (Lipinski definition) is 7. The zero-order valence-electron chi connectivity index (χ0n) is 26.5. The Morgan fingerprint density at radius 1 is 1.14 bits per heavy atom. The van der Waals surface area contributed by atoms with Crippen LogP contribution in [0.5, 0.6) is 5.75 Å². The monoisotopic (exact) mass is 615 g/mol. The number of amides is 1. The van der Waals surface area contributed by atoms with Crippen LogP contribution in [0.25, 0.3) is 27.4 Å². The summed E-state index contributed by atoms with van der Waals surface area (Å²) in [7, 11) is 1.70. The van der Waals surface area contributed by atoms with Crippen LogP contribution in [0.2, 0.25) is 0 Å². The second-order valence-electron chi connectivity index (χ2n) is 13.5. The van der Waals surface area contributed by atoms with Gasteiger partial charge in [0.05, 0.1) is 37.4 Å². The normalized spacial score (nSPS) is 19.7. The van der Waals surface area contributed by atoms with E-state index in [0.29, 0.717) is 13.0 Å². The highest BCUT2D eigenvalue weighted by Gasteiger charge is 2.38. The molecule has 4 aromatic rings. The molecule has 1 atom stereocenters. The van der Waals surface area contributed by atoms with Crippen molar-refractivity contribution in [3.05, 3.63) is 58.4 Å². The number of thiophene rings is 1. The molecule has 1 amide bonds. The predicted molar refractivity (Wildman–Crippen MR) is 171 cm³/mol. The summed E-state index contributed by atoms with van der Waals surface area (Å²) in [5.41, 5.74) is 8.04. The Balaban J connectivity index is 1.37. The first-order valence-corrected chi connectivity index (χ1v) is 16.5. The molecule has 10 heteroatoms. The van der Waals surface area contributed by atoms with Gasteiger partial charge >= 0.3 is 0 Å². The van der Waals surface area contributed by atoms with Crippen molar-refractivity contribution in [1.82, 2.24) is 24.5 Å². The van der Waals surface area contributed by atoms with E-state index in [1.807, 2.05) is 20.0 Å². The lowest BCUT2D eigenvalue weighted by Gasteiger charge is -2.37. The number of fused-ring (bicyclic) bond motifs is 5. The highest BCUT2D eigenvalue weighted by atomic mass is 32.1. The topological polar surface area (TPSA) is 83.6 Å². The summed E-state index contributed by atoms with van der Waals surface area (Å²) >= 11 is 1.73. The lowest BCUT2D eigenvalue weighted by molar-refractivity contribution is -0.138. The van der Waals surface area contributed by atoms with Gasteiger partial charge in [-0.05, 0) is 95.0 Å². The molecule has 0 aliphatic carbocycles. The third kappa shape index (κ3) is 5.06. The fraction of sp³-hybridized carbons (Fsp3) is 0.500. The van der Waals surface area contributed by atoms with Crippen LogP contribution < -0.4 is 4.74 Å². The second kappa shape index (κ2) is 10.9. The average molecular weight is 616 g/mol. The molecular formula is C34H41N5O4S. The Kier molecular flexibility index (Phi) is 7.22. The van der Waals surface area contributed by atoms with Crippen LogP contribution in [0, 0.1) is 0 Å². The molecule has 3 aromatic heterocycles. The molecule has 0 saturated carbocycles. The number of rotatable bonds is 5. The van der Waals surface area contributed by atoms with Crippen LogP contribution in [-0.2, 0) is 35.3 Å². The van der Waals surface area contributed by atoms with E-state index in [-0.39, 0.29) is 17.6 Å². The first kappa shape index (κ1) is 29.3. The zero-order valence-corrected chi connectivity index (χ0v) is 27.3. The second-order valence-corrected chi connectivity index (χ2v) is 14.5. The molecular weight excluding hydrogens is 574 g/mol. The van der Waals surface area contributed by atoms with E-state index in [2.05, 4.69) is 70.2 Å². The summed E-state index contributed by atoms with van der Waals surface area (Å²) in [6, 6.07) is 8.59. The number of benzene rings is 1. The lowest BCUT2D eigenvalue weighted by Crippen LogP contribution is -2.47. The molecule has 3 aliphatic rings. The van der Waals surface area contributed by atoms with Crippen LogP contribution >= 0.6 is 11.3 Å². The Labute approximate surface area is 262 Å². The maximum absolute atomic E-state index is 14.4. The molecule has 1 fully saturated rings. The summed E-state index contributed by atoms with van der Waals surface area (Å²) < 4.78 is 21.8. The lowest BCUT2D eigenvalue weighted by atomic mass is 9.92. The highest BCUT2D eigenvalue weighted by molar-refractivity contribution is 7.13. The molecule has 0 spiro atoms. The molecule has 1 saturated heterocycles. The van der Waals surface area contributed by atoms with Gasteiger partial charge in [-0.2, -0.15) is 0 Å². The molecule has 1 unspecified atom stereocenters. The van der Waals surface area contributed by atoms with Gasteiger partial charge < -0.3 is 23.7 Å². The number of methoxy groups -OCH3 is 1. The van der Waals surface area contributed by atoms with Gasteiger partial charge in [-0.1, -0.05) is 11.3 Å². The quantitative estimate of drug-likeness (QED) is 0.262. The molecule has 1 aromatic carbocycles. The van der Waals surface area contributed by atoms with Gasteiger partial charge in [-0.25, -0.2) is 4.68 Å². The van der Waals surface area contributed by atoms with Gasteiger partial charge in [-0.3, -0.25) is 4.79 Å². The van der Waals surface area contributed by atoms with Crippen LogP contribution in [0.3, 0.4) is 0 Å². The SMILES string of the molecule is COc1cc2c(cc1-n1cc(CC3COC(C)(C)O3)nn1)-c1c(-c3cccs3)c3c(n1CC2)C(=O)N(C(C)(C)C)CCCC3. The largest absolute Gasteiger partial charge is 0.494 e. The molecule has 0 N–H and O–H groups in total. The minimum atomic E-state index is -0.583. The Morgan fingerprint density at radius 2 is 1.98 bits per heavy atom. The van der Waals surface area contributed by atoms with Gasteiger partial charge in [0.15, 0.2) is 5.79 Å². The fourth-order valence-electron chi connectivity index (χ4n) is 7.01. The molecule has 0 radical (unpaired) electrons. The summed E-state index contributed by atoms with van der Waals surface area (Å²) in [5.74, 6) is 0.295. The Bertz CT molecular complexity index is 1710. The number of carbonyl (C=O) groups is 1. The molecule has 44 heavy (non-hydrogen) atoms. The van der Waals surface area contributed by atoms with E-state index in [1.54, 1.807) is 23.1 Å². The van der Waals surface area contributed by atoms with E-state index in [9.17, 15) is 4.79 Å². The summed E-state index contributed by atoms with van der Waals surface area (Å²) in [5, 5.41) is 11.1. The number of hydrogen-bond donors (Lipinski definition) is 0. The number of aryl methyl sites for hydroxylation is 1. The van der Waals surface area contributed by atoms with E-state index in [4.69, 9.17) is 14.2 Å². The van der Waals surface area contributed by atoms with Crippen LogP contribution in [0.1, 0.15) is 74.8 Å². The summed E-state index contributed by atoms with van der Waals surface area (Å²) in [4.78, 5) is 17.7.